The highest BCUT2D eigenvalue weighted by atomic mass is 16.5. The van der Waals surface area contributed by atoms with Crippen molar-refractivity contribution in [1.29, 1.82) is 0 Å². The number of benzene rings is 1. The van der Waals surface area contributed by atoms with Crippen molar-refractivity contribution in [3.63, 3.8) is 0 Å². The van der Waals surface area contributed by atoms with Crippen LogP contribution in [0, 0.1) is 0 Å². The van der Waals surface area contributed by atoms with Gasteiger partial charge in [0.05, 0.1) is 6.61 Å². The number of hydrogen-bond acceptors (Lipinski definition) is 3. The number of rotatable bonds is 8. The van der Waals surface area contributed by atoms with Gasteiger partial charge in [-0.05, 0) is 44.5 Å². The van der Waals surface area contributed by atoms with E-state index in [0.717, 1.165) is 37.3 Å². The molecule has 0 bridgehead atoms. The van der Waals surface area contributed by atoms with Crippen molar-refractivity contribution in [1.82, 2.24) is 10.3 Å². The van der Waals surface area contributed by atoms with E-state index in [-0.39, 0.29) is 6.04 Å². The summed E-state index contributed by atoms with van der Waals surface area (Å²) in [6.07, 6.45) is 4.82. The van der Waals surface area contributed by atoms with E-state index < -0.39 is 0 Å². The smallest absolute Gasteiger partial charge is 0.124 e. The molecule has 0 amide bonds. The van der Waals surface area contributed by atoms with Crippen LogP contribution < -0.4 is 10.1 Å². The number of nitrogens with one attached hydrogen (secondary N) is 1. The molecule has 21 heavy (non-hydrogen) atoms. The first-order valence-corrected chi connectivity index (χ1v) is 7.64. The van der Waals surface area contributed by atoms with Crippen molar-refractivity contribution in [2.45, 2.75) is 32.2 Å². The van der Waals surface area contributed by atoms with Crippen molar-refractivity contribution < 1.29 is 4.74 Å². The van der Waals surface area contributed by atoms with Crippen LogP contribution in [0.3, 0.4) is 0 Å². The molecule has 112 valence electrons. The Morgan fingerprint density at radius 1 is 1.14 bits per heavy atom. The molecule has 2 rings (SSSR count). The molecule has 3 nitrogen and oxygen atoms in total. The third kappa shape index (κ3) is 4.57. The Kier molecular flexibility index (Phi) is 6.22. The average Bonchev–Trinajstić information content (AvgIpc) is 2.55. The summed E-state index contributed by atoms with van der Waals surface area (Å²) in [6.45, 7) is 2.88. The molecular formula is C18H24N2O. The minimum atomic E-state index is 0.278. The van der Waals surface area contributed by atoms with E-state index in [2.05, 4.69) is 41.5 Å². The maximum absolute atomic E-state index is 5.87. The number of hydrogen-bond donors (Lipinski definition) is 1. The van der Waals surface area contributed by atoms with Gasteiger partial charge in [0.1, 0.15) is 5.75 Å². The molecule has 2 aromatic rings. The summed E-state index contributed by atoms with van der Waals surface area (Å²) < 4.78 is 5.87. The van der Waals surface area contributed by atoms with Crippen LogP contribution in [0.25, 0.3) is 0 Å². The molecule has 0 aliphatic carbocycles. The minimum absolute atomic E-state index is 0.278. The summed E-state index contributed by atoms with van der Waals surface area (Å²) in [6, 6.07) is 14.6. The van der Waals surface area contributed by atoms with E-state index in [0.29, 0.717) is 0 Å². The van der Waals surface area contributed by atoms with Crippen LogP contribution >= 0.6 is 0 Å². The van der Waals surface area contributed by atoms with Crippen LogP contribution in [0.1, 0.15) is 37.1 Å². The number of aryl methyl sites for hydroxylation is 1. The average molecular weight is 284 g/mol. The van der Waals surface area contributed by atoms with Gasteiger partial charge in [-0.25, -0.2) is 0 Å². The number of pyridine rings is 1. The Morgan fingerprint density at radius 3 is 2.67 bits per heavy atom. The van der Waals surface area contributed by atoms with Gasteiger partial charge in [0.15, 0.2) is 0 Å². The predicted octanol–water partition coefficient (Wildman–Crippen LogP) is 3.76. The highest BCUT2D eigenvalue weighted by Gasteiger charge is 2.14. The Morgan fingerprint density at radius 2 is 1.95 bits per heavy atom. The molecule has 1 aromatic carbocycles. The molecule has 3 heteroatoms. The van der Waals surface area contributed by atoms with E-state index in [1.807, 2.05) is 31.4 Å². The monoisotopic (exact) mass is 284 g/mol. The van der Waals surface area contributed by atoms with Crippen LogP contribution in [0.4, 0.5) is 0 Å². The van der Waals surface area contributed by atoms with Gasteiger partial charge in [0.25, 0.3) is 0 Å². The SMILES string of the molecule is CCCOc1ccccc1C(CCc1ccccn1)NC. The van der Waals surface area contributed by atoms with Crippen molar-refractivity contribution in [2.24, 2.45) is 0 Å². The highest BCUT2D eigenvalue weighted by Crippen LogP contribution is 2.28. The summed E-state index contributed by atoms with van der Waals surface area (Å²) in [5.41, 5.74) is 2.36. The summed E-state index contributed by atoms with van der Waals surface area (Å²) in [5.74, 6) is 0.986. The number of ether oxygens (including phenoxy) is 1. The fourth-order valence-corrected chi connectivity index (χ4v) is 2.41. The molecule has 0 saturated heterocycles. The lowest BCUT2D eigenvalue weighted by atomic mass is 10.00. The van der Waals surface area contributed by atoms with Gasteiger partial charge in [-0.3, -0.25) is 4.98 Å². The van der Waals surface area contributed by atoms with Crippen LogP contribution in [0.2, 0.25) is 0 Å². The van der Waals surface area contributed by atoms with Crippen molar-refractivity contribution >= 4 is 0 Å². The lowest BCUT2D eigenvalue weighted by Gasteiger charge is -2.20. The first-order valence-electron chi connectivity index (χ1n) is 7.64. The number of para-hydroxylation sites is 1. The molecule has 1 aromatic heterocycles. The second-order valence-electron chi connectivity index (χ2n) is 5.09. The fraction of sp³-hybridized carbons (Fsp3) is 0.389. The van der Waals surface area contributed by atoms with E-state index >= 15 is 0 Å². The molecule has 0 radical (unpaired) electrons. The zero-order chi connectivity index (χ0) is 14.9. The quantitative estimate of drug-likeness (QED) is 0.801. The molecule has 0 saturated carbocycles. The number of aromatic nitrogens is 1. The highest BCUT2D eigenvalue weighted by molar-refractivity contribution is 5.36. The maximum atomic E-state index is 5.87. The topological polar surface area (TPSA) is 34.1 Å². The summed E-state index contributed by atoms with van der Waals surface area (Å²) in [5, 5.41) is 3.40. The van der Waals surface area contributed by atoms with Crippen molar-refractivity contribution in [2.75, 3.05) is 13.7 Å². The van der Waals surface area contributed by atoms with Gasteiger partial charge in [0.2, 0.25) is 0 Å². The van der Waals surface area contributed by atoms with Gasteiger partial charge >= 0.3 is 0 Å². The van der Waals surface area contributed by atoms with Gasteiger partial charge in [-0.15, -0.1) is 0 Å². The maximum Gasteiger partial charge on any atom is 0.124 e. The second kappa shape index (κ2) is 8.42. The molecular weight excluding hydrogens is 260 g/mol. The first kappa shape index (κ1) is 15.5. The Labute approximate surface area is 127 Å². The molecule has 1 unspecified atom stereocenters. The minimum Gasteiger partial charge on any atom is -0.493 e. The molecule has 0 spiro atoms. The first-order chi connectivity index (χ1) is 10.3. The Balaban J connectivity index is 2.06. The van der Waals surface area contributed by atoms with E-state index in [9.17, 15) is 0 Å². The van der Waals surface area contributed by atoms with Gasteiger partial charge in [0, 0.05) is 23.5 Å². The lowest BCUT2D eigenvalue weighted by molar-refractivity contribution is 0.309. The van der Waals surface area contributed by atoms with Crippen LogP contribution in [-0.2, 0) is 6.42 Å². The van der Waals surface area contributed by atoms with Crippen LogP contribution in [-0.4, -0.2) is 18.6 Å². The molecule has 1 atom stereocenters. The Bertz CT molecular complexity index is 528. The molecule has 0 fully saturated rings. The molecule has 0 aliphatic rings. The fourth-order valence-electron chi connectivity index (χ4n) is 2.41. The van der Waals surface area contributed by atoms with Crippen molar-refractivity contribution in [3.8, 4) is 5.75 Å². The molecule has 0 aliphatic heterocycles. The zero-order valence-corrected chi connectivity index (χ0v) is 12.9. The van der Waals surface area contributed by atoms with Gasteiger partial charge in [-0.2, -0.15) is 0 Å². The third-order valence-electron chi connectivity index (χ3n) is 3.52. The zero-order valence-electron chi connectivity index (χ0n) is 12.9. The summed E-state index contributed by atoms with van der Waals surface area (Å²) in [7, 11) is 2.00. The summed E-state index contributed by atoms with van der Waals surface area (Å²) >= 11 is 0. The Hall–Kier alpha value is -1.87. The molecule has 1 heterocycles. The largest absolute Gasteiger partial charge is 0.493 e. The van der Waals surface area contributed by atoms with Crippen LogP contribution in [0.5, 0.6) is 5.75 Å². The molecule has 1 N–H and O–H groups in total. The normalized spacial score (nSPS) is 12.1. The second-order valence-corrected chi connectivity index (χ2v) is 5.09. The predicted molar refractivity (Wildman–Crippen MR) is 86.6 cm³/mol. The summed E-state index contributed by atoms with van der Waals surface area (Å²) in [4.78, 5) is 4.39. The van der Waals surface area contributed by atoms with E-state index in [1.165, 1.54) is 5.56 Å². The van der Waals surface area contributed by atoms with Crippen molar-refractivity contribution in [3.05, 3.63) is 59.9 Å². The standard InChI is InChI=1S/C18H24N2O/c1-3-14-21-18-10-5-4-9-16(18)17(19-2)12-11-15-8-6-7-13-20-15/h4-10,13,17,19H,3,11-12,14H2,1-2H3. The van der Waals surface area contributed by atoms with E-state index in [1.54, 1.807) is 0 Å². The third-order valence-corrected chi connectivity index (χ3v) is 3.52. The van der Waals surface area contributed by atoms with Crippen LogP contribution in [0.15, 0.2) is 48.7 Å². The van der Waals surface area contributed by atoms with Gasteiger partial charge in [-0.1, -0.05) is 31.2 Å². The van der Waals surface area contributed by atoms with E-state index in [4.69, 9.17) is 4.74 Å². The number of nitrogens with zero attached hydrogens (tertiary/aromatic N) is 1. The van der Waals surface area contributed by atoms with Gasteiger partial charge < -0.3 is 10.1 Å². The lowest BCUT2D eigenvalue weighted by Crippen LogP contribution is -2.18.